The van der Waals surface area contributed by atoms with Crippen LogP contribution in [0.15, 0.2) is 24.3 Å². The summed E-state index contributed by atoms with van der Waals surface area (Å²) in [6, 6.07) is 6.74. The number of hydrogen-bond donors (Lipinski definition) is 1. The third kappa shape index (κ3) is 3.54. The number of amides is 2. The summed E-state index contributed by atoms with van der Waals surface area (Å²) in [6.07, 6.45) is 0.666. The SMILES string of the molecule is CCC1C(=O)NCCN1C(=O)c1cccc(OC(C)C)c1. The third-order valence-electron chi connectivity index (χ3n) is 3.43. The average molecular weight is 290 g/mol. The molecule has 1 aliphatic heterocycles. The molecule has 1 aliphatic rings. The second-order valence-electron chi connectivity index (χ2n) is 5.41. The molecule has 114 valence electrons. The van der Waals surface area contributed by atoms with Crippen LogP contribution >= 0.6 is 0 Å². The Bertz CT molecular complexity index is 528. The van der Waals surface area contributed by atoms with Crippen LogP contribution in [0.5, 0.6) is 5.75 Å². The molecule has 0 saturated carbocycles. The monoisotopic (exact) mass is 290 g/mol. The molecule has 2 amide bonds. The van der Waals surface area contributed by atoms with E-state index in [1.165, 1.54) is 0 Å². The molecule has 0 aromatic heterocycles. The van der Waals surface area contributed by atoms with Crippen molar-refractivity contribution in [1.29, 1.82) is 0 Å². The highest BCUT2D eigenvalue weighted by molar-refractivity contribution is 5.98. The van der Waals surface area contributed by atoms with Crippen LogP contribution in [0.2, 0.25) is 0 Å². The van der Waals surface area contributed by atoms with Crippen LogP contribution in [-0.2, 0) is 4.79 Å². The Morgan fingerprint density at radius 1 is 1.48 bits per heavy atom. The van der Waals surface area contributed by atoms with Crippen molar-refractivity contribution in [2.45, 2.75) is 39.3 Å². The molecular weight excluding hydrogens is 268 g/mol. The molecule has 1 unspecified atom stereocenters. The van der Waals surface area contributed by atoms with E-state index < -0.39 is 0 Å². The molecule has 1 saturated heterocycles. The predicted molar refractivity (Wildman–Crippen MR) is 80.3 cm³/mol. The fraction of sp³-hybridized carbons (Fsp3) is 0.500. The predicted octanol–water partition coefficient (Wildman–Crippen LogP) is 1.82. The van der Waals surface area contributed by atoms with Crippen LogP contribution in [0.25, 0.3) is 0 Å². The first-order valence-electron chi connectivity index (χ1n) is 7.38. The molecule has 1 aromatic carbocycles. The van der Waals surface area contributed by atoms with Crippen LogP contribution in [0.4, 0.5) is 0 Å². The van der Waals surface area contributed by atoms with Gasteiger partial charge in [0.25, 0.3) is 5.91 Å². The van der Waals surface area contributed by atoms with Gasteiger partial charge in [-0.2, -0.15) is 0 Å². The summed E-state index contributed by atoms with van der Waals surface area (Å²) in [5.41, 5.74) is 0.557. The first-order chi connectivity index (χ1) is 10.0. The molecule has 1 fully saturated rings. The highest BCUT2D eigenvalue weighted by Crippen LogP contribution is 2.19. The van der Waals surface area contributed by atoms with E-state index in [-0.39, 0.29) is 24.0 Å². The molecule has 0 aliphatic carbocycles. The molecule has 1 aromatic rings. The molecule has 0 spiro atoms. The molecule has 1 heterocycles. The molecule has 0 radical (unpaired) electrons. The van der Waals surface area contributed by atoms with Crippen molar-refractivity contribution in [3.63, 3.8) is 0 Å². The Labute approximate surface area is 125 Å². The number of ether oxygens (including phenoxy) is 1. The highest BCUT2D eigenvalue weighted by Gasteiger charge is 2.32. The van der Waals surface area contributed by atoms with Crippen LogP contribution < -0.4 is 10.1 Å². The number of piperazine rings is 1. The maximum absolute atomic E-state index is 12.6. The molecule has 2 rings (SSSR count). The van der Waals surface area contributed by atoms with Gasteiger partial charge in [0, 0.05) is 18.7 Å². The van der Waals surface area contributed by atoms with Gasteiger partial charge in [0.15, 0.2) is 0 Å². The first kappa shape index (κ1) is 15.4. The second kappa shape index (κ2) is 6.61. The summed E-state index contributed by atoms with van der Waals surface area (Å²) in [7, 11) is 0. The maximum atomic E-state index is 12.6. The first-order valence-corrected chi connectivity index (χ1v) is 7.38. The van der Waals surface area contributed by atoms with Gasteiger partial charge in [-0.3, -0.25) is 9.59 Å². The van der Waals surface area contributed by atoms with Gasteiger partial charge in [-0.05, 0) is 38.5 Å². The summed E-state index contributed by atoms with van der Waals surface area (Å²) in [4.78, 5) is 26.1. The van der Waals surface area contributed by atoms with Crippen LogP contribution in [-0.4, -0.2) is 41.9 Å². The van der Waals surface area contributed by atoms with Gasteiger partial charge in [0.1, 0.15) is 11.8 Å². The minimum absolute atomic E-state index is 0.0551. The van der Waals surface area contributed by atoms with Crippen molar-refractivity contribution in [3.8, 4) is 5.75 Å². The topological polar surface area (TPSA) is 58.6 Å². The van der Waals surface area contributed by atoms with Gasteiger partial charge in [0.05, 0.1) is 6.10 Å². The second-order valence-corrected chi connectivity index (χ2v) is 5.41. The lowest BCUT2D eigenvalue weighted by Gasteiger charge is -2.34. The summed E-state index contributed by atoms with van der Waals surface area (Å²) in [6.45, 7) is 6.84. The Balaban J connectivity index is 2.20. The zero-order chi connectivity index (χ0) is 15.4. The van der Waals surface area contributed by atoms with E-state index in [1.54, 1.807) is 23.1 Å². The normalized spacial score (nSPS) is 18.6. The molecule has 5 heteroatoms. The lowest BCUT2D eigenvalue weighted by molar-refractivity contribution is -0.127. The smallest absolute Gasteiger partial charge is 0.254 e. The number of rotatable bonds is 4. The van der Waals surface area contributed by atoms with Crippen molar-refractivity contribution in [3.05, 3.63) is 29.8 Å². The van der Waals surface area contributed by atoms with Gasteiger partial charge >= 0.3 is 0 Å². The number of nitrogens with zero attached hydrogens (tertiary/aromatic N) is 1. The molecule has 1 atom stereocenters. The van der Waals surface area contributed by atoms with E-state index in [4.69, 9.17) is 4.74 Å². The zero-order valence-electron chi connectivity index (χ0n) is 12.8. The van der Waals surface area contributed by atoms with Crippen molar-refractivity contribution in [1.82, 2.24) is 10.2 Å². The van der Waals surface area contributed by atoms with Crippen LogP contribution in [0, 0.1) is 0 Å². The minimum Gasteiger partial charge on any atom is -0.491 e. The van der Waals surface area contributed by atoms with E-state index >= 15 is 0 Å². The summed E-state index contributed by atoms with van der Waals surface area (Å²) >= 11 is 0. The zero-order valence-corrected chi connectivity index (χ0v) is 12.8. The summed E-state index contributed by atoms with van der Waals surface area (Å²) < 4.78 is 5.62. The Kier molecular flexibility index (Phi) is 4.83. The van der Waals surface area contributed by atoms with Crippen molar-refractivity contribution < 1.29 is 14.3 Å². The fourth-order valence-electron chi connectivity index (χ4n) is 2.50. The fourth-order valence-corrected chi connectivity index (χ4v) is 2.50. The van der Waals surface area contributed by atoms with Gasteiger partial charge in [-0.1, -0.05) is 13.0 Å². The molecule has 1 N–H and O–H groups in total. The van der Waals surface area contributed by atoms with Gasteiger partial charge in [0.2, 0.25) is 5.91 Å². The minimum atomic E-state index is -0.388. The van der Waals surface area contributed by atoms with Crippen molar-refractivity contribution in [2.75, 3.05) is 13.1 Å². The van der Waals surface area contributed by atoms with E-state index in [0.29, 0.717) is 30.8 Å². The van der Waals surface area contributed by atoms with E-state index in [9.17, 15) is 9.59 Å². The largest absolute Gasteiger partial charge is 0.491 e. The van der Waals surface area contributed by atoms with Gasteiger partial charge < -0.3 is 15.0 Å². The van der Waals surface area contributed by atoms with E-state index in [0.717, 1.165) is 0 Å². The average Bonchev–Trinajstić information content (AvgIpc) is 2.45. The highest BCUT2D eigenvalue weighted by atomic mass is 16.5. The number of nitrogens with one attached hydrogen (secondary N) is 1. The molecular formula is C16H22N2O3. The van der Waals surface area contributed by atoms with E-state index in [2.05, 4.69) is 5.32 Å². The number of carbonyl (C=O) groups excluding carboxylic acids is 2. The van der Waals surface area contributed by atoms with Crippen LogP contribution in [0.3, 0.4) is 0 Å². The Morgan fingerprint density at radius 3 is 2.90 bits per heavy atom. The molecule has 5 nitrogen and oxygen atoms in total. The lowest BCUT2D eigenvalue weighted by atomic mass is 10.1. The summed E-state index contributed by atoms with van der Waals surface area (Å²) in [5.74, 6) is 0.475. The Hall–Kier alpha value is -2.04. The lowest BCUT2D eigenvalue weighted by Crippen LogP contribution is -2.56. The number of carbonyl (C=O) groups is 2. The molecule has 21 heavy (non-hydrogen) atoms. The van der Waals surface area contributed by atoms with Crippen molar-refractivity contribution in [2.24, 2.45) is 0 Å². The quantitative estimate of drug-likeness (QED) is 0.920. The van der Waals surface area contributed by atoms with Gasteiger partial charge in [-0.25, -0.2) is 0 Å². The van der Waals surface area contributed by atoms with Crippen LogP contribution in [0.1, 0.15) is 37.6 Å². The van der Waals surface area contributed by atoms with Gasteiger partial charge in [-0.15, -0.1) is 0 Å². The van der Waals surface area contributed by atoms with Crippen molar-refractivity contribution >= 4 is 11.8 Å². The number of hydrogen-bond acceptors (Lipinski definition) is 3. The number of benzene rings is 1. The standard InChI is InChI=1S/C16H22N2O3/c1-4-14-15(19)17-8-9-18(14)16(20)12-6-5-7-13(10-12)21-11(2)3/h5-7,10-11,14H,4,8-9H2,1-3H3,(H,17,19). The maximum Gasteiger partial charge on any atom is 0.254 e. The Morgan fingerprint density at radius 2 is 2.24 bits per heavy atom. The third-order valence-corrected chi connectivity index (χ3v) is 3.43. The van der Waals surface area contributed by atoms with E-state index in [1.807, 2.05) is 26.8 Å². The summed E-state index contributed by atoms with van der Waals surface area (Å²) in [5, 5.41) is 2.80. The molecule has 0 bridgehead atoms.